The second-order valence-electron chi connectivity index (χ2n) is 8.46. The van der Waals surface area contributed by atoms with E-state index in [1.807, 2.05) is 4.72 Å². The third-order valence-corrected chi connectivity index (χ3v) is 6.99. The molecule has 1 rings (SSSR count). The van der Waals surface area contributed by atoms with Gasteiger partial charge in [0.05, 0.1) is 23.5 Å². The zero-order valence-corrected chi connectivity index (χ0v) is 20.7. The normalized spacial score (nSPS) is 16.9. The maximum absolute atomic E-state index is 14.7. The maximum atomic E-state index is 14.7. The van der Waals surface area contributed by atoms with Gasteiger partial charge in [-0.1, -0.05) is 26.8 Å². The number of aliphatic hydroxyl groups is 1. The number of aromatic nitrogens is 1. The van der Waals surface area contributed by atoms with Gasteiger partial charge in [0.1, 0.15) is 12.7 Å². The number of alkyl halides is 2. The van der Waals surface area contributed by atoms with Crippen LogP contribution in [0.2, 0.25) is 0 Å². The Morgan fingerprint density at radius 2 is 1.85 bits per heavy atom. The Bertz CT molecular complexity index is 932. The second kappa shape index (κ2) is 12.0. The fraction of sp³-hybridized carbons (Fsp3) is 0.667. The van der Waals surface area contributed by atoms with Crippen LogP contribution in [0.15, 0.2) is 24.4 Å². The molecule has 10 nitrogen and oxygen atoms in total. The number of esters is 1. The van der Waals surface area contributed by atoms with Crippen molar-refractivity contribution in [1.29, 1.82) is 0 Å². The number of hydrogen-bond acceptors (Lipinski definition) is 8. The summed E-state index contributed by atoms with van der Waals surface area (Å²) in [5, 5.41) is 12.4. The number of hydrogen-bond donors (Lipinski definition) is 4. The van der Waals surface area contributed by atoms with E-state index in [0.29, 0.717) is 5.69 Å². The van der Waals surface area contributed by atoms with Crippen molar-refractivity contribution in [3.05, 3.63) is 30.1 Å². The molecule has 5 N–H and O–H groups in total. The molecule has 0 spiro atoms. The van der Waals surface area contributed by atoms with Gasteiger partial charge >= 0.3 is 5.97 Å². The second-order valence-corrected chi connectivity index (χ2v) is 10.3. The highest BCUT2D eigenvalue weighted by atomic mass is 32.2. The molecule has 13 heteroatoms. The molecule has 4 atom stereocenters. The third-order valence-electron chi connectivity index (χ3n) is 5.33. The zero-order valence-electron chi connectivity index (χ0n) is 19.9. The maximum Gasteiger partial charge on any atom is 0.336 e. The van der Waals surface area contributed by atoms with Crippen LogP contribution in [0.3, 0.4) is 0 Å². The molecule has 34 heavy (non-hydrogen) atoms. The highest BCUT2D eigenvalue weighted by Crippen LogP contribution is 2.27. The van der Waals surface area contributed by atoms with Gasteiger partial charge in [-0.05, 0) is 38.3 Å². The van der Waals surface area contributed by atoms with Crippen LogP contribution in [0.1, 0.15) is 46.7 Å². The average molecular weight is 509 g/mol. The SMILES string of the molecule is CCCS(=O)(=O)NC(C)C(F)(F)C(O)C(C)NC(=O)[C@](N)(C(=O)OCc1ccccn1)C(C)C. The van der Waals surface area contributed by atoms with E-state index in [1.165, 1.54) is 20.0 Å². The number of rotatable bonds is 13. The number of sulfonamides is 1. The molecule has 3 unspecified atom stereocenters. The topological polar surface area (TPSA) is 161 Å². The number of nitrogens with zero attached hydrogens (tertiary/aromatic N) is 1. The monoisotopic (exact) mass is 508 g/mol. The first-order valence-corrected chi connectivity index (χ1v) is 12.5. The number of ether oxygens (including phenoxy) is 1. The molecule has 0 fully saturated rings. The number of pyridine rings is 1. The quantitative estimate of drug-likeness (QED) is 0.224. The molecule has 0 saturated heterocycles. The third kappa shape index (κ3) is 7.39. The summed E-state index contributed by atoms with van der Waals surface area (Å²) in [5.41, 5.74) is 4.22. The number of nitrogens with one attached hydrogen (secondary N) is 2. The summed E-state index contributed by atoms with van der Waals surface area (Å²) < 4.78 is 60.1. The van der Waals surface area contributed by atoms with Crippen LogP contribution in [0.5, 0.6) is 0 Å². The van der Waals surface area contributed by atoms with Crippen LogP contribution in [-0.4, -0.2) is 65.8 Å². The van der Waals surface area contributed by atoms with Gasteiger partial charge in [0.25, 0.3) is 11.8 Å². The first kappa shape index (κ1) is 29.8. The van der Waals surface area contributed by atoms with E-state index < -0.39 is 57.5 Å². The van der Waals surface area contributed by atoms with Crippen LogP contribution >= 0.6 is 0 Å². The molecule has 1 heterocycles. The van der Waals surface area contributed by atoms with Gasteiger partial charge in [-0.3, -0.25) is 9.78 Å². The number of aliphatic hydroxyl groups excluding tert-OH is 1. The Morgan fingerprint density at radius 1 is 1.24 bits per heavy atom. The molecule has 0 aliphatic carbocycles. The van der Waals surface area contributed by atoms with Crippen molar-refractivity contribution in [1.82, 2.24) is 15.0 Å². The molecule has 0 aliphatic heterocycles. The smallest absolute Gasteiger partial charge is 0.336 e. The fourth-order valence-electron chi connectivity index (χ4n) is 3.00. The van der Waals surface area contributed by atoms with Gasteiger partial charge in [0, 0.05) is 6.20 Å². The number of carbonyl (C=O) groups is 2. The summed E-state index contributed by atoms with van der Waals surface area (Å²) in [6, 6.07) is 1.38. The number of carbonyl (C=O) groups excluding carboxylic acids is 2. The Morgan fingerprint density at radius 3 is 2.35 bits per heavy atom. The zero-order chi connectivity index (χ0) is 26.3. The van der Waals surface area contributed by atoms with Crippen LogP contribution in [0.25, 0.3) is 0 Å². The van der Waals surface area contributed by atoms with Crippen LogP contribution in [0.4, 0.5) is 8.78 Å². The summed E-state index contributed by atoms with van der Waals surface area (Å²) in [7, 11) is -3.99. The lowest BCUT2D eigenvalue weighted by molar-refractivity contribution is -0.160. The van der Waals surface area contributed by atoms with E-state index in [1.54, 1.807) is 25.1 Å². The predicted molar refractivity (Wildman–Crippen MR) is 121 cm³/mol. The lowest BCUT2D eigenvalue weighted by atomic mass is 9.86. The Hall–Kier alpha value is -2.22. The molecular weight excluding hydrogens is 474 g/mol. The largest absolute Gasteiger partial charge is 0.457 e. The molecule has 0 saturated carbocycles. The van der Waals surface area contributed by atoms with Crippen molar-refractivity contribution < 1.29 is 36.6 Å². The van der Waals surface area contributed by atoms with Gasteiger partial charge in [-0.2, -0.15) is 0 Å². The first-order valence-electron chi connectivity index (χ1n) is 10.8. The molecular formula is C21H34F2N4O6S. The van der Waals surface area contributed by atoms with E-state index in [-0.39, 0.29) is 18.8 Å². The highest BCUT2D eigenvalue weighted by Gasteiger charge is 2.51. The van der Waals surface area contributed by atoms with Gasteiger partial charge in [0.15, 0.2) is 5.54 Å². The summed E-state index contributed by atoms with van der Waals surface area (Å²) in [6.45, 7) is 6.25. The lowest BCUT2D eigenvalue weighted by Gasteiger charge is -2.35. The van der Waals surface area contributed by atoms with Gasteiger partial charge in [-0.15, -0.1) is 0 Å². The Kier molecular flexibility index (Phi) is 10.5. The summed E-state index contributed by atoms with van der Waals surface area (Å²) in [5.74, 6) is -7.34. The molecule has 1 amide bonds. The summed E-state index contributed by atoms with van der Waals surface area (Å²) >= 11 is 0. The van der Waals surface area contributed by atoms with E-state index in [9.17, 15) is 31.9 Å². The van der Waals surface area contributed by atoms with Crippen molar-refractivity contribution >= 4 is 21.9 Å². The van der Waals surface area contributed by atoms with Crippen molar-refractivity contribution in [3.63, 3.8) is 0 Å². The number of nitrogens with two attached hydrogens (primary N) is 1. The highest BCUT2D eigenvalue weighted by molar-refractivity contribution is 7.89. The van der Waals surface area contributed by atoms with E-state index >= 15 is 0 Å². The van der Waals surface area contributed by atoms with Gasteiger partial charge in [0.2, 0.25) is 10.0 Å². The number of halogens is 2. The number of amides is 1. The standard InChI is InChI=1S/C21H34F2N4O6S/c1-6-11-34(31,32)27-15(5)21(22,23)17(28)14(4)26-18(29)20(24,13(2)3)19(30)33-12-16-9-7-8-10-25-16/h7-10,13-15,17,27-28H,6,11-12,24H2,1-5H3,(H,26,29)/t14?,15?,17?,20-/m0/s1. The molecule has 0 radical (unpaired) electrons. The minimum atomic E-state index is -3.99. The molecule has 0 bridgehead atoms. The average Bonchev–Trinajstić information content (AvgIpc) is 2.76. The molecule has 1 aromatic rings. The van der Waals surface area contributed by atoms with Crippen molar-refractivity contribution in [2.45, 2.75) is 77.3 Å². The molecule has 1 aromatic heterocycles. The Balaban J connectivity index is 2.94. The van der Waals surface area contributed by atoms with E-state index in [0.717, 1.165) is 13.8 Å². The molecule has 0 aliphatic rings. The summed E-state index contributed by atoms with van der Waals surface area (Å²) in [6.07, 6.45) is -0.787. The first-order chi connectivity index (χ1) is 15.6. The predicted octanol–water partition coefficient (Wildman–Crippen LogP) is 0.697. The van der Waals surface area contributed by atoms with Crippen LogP contribution in [-0.2, 0) is 31.0 Å². The molecule has 0 aromatic carbocycles. The van der Waals surface area contributed by atoms with Crippen LogP contribution < -0.4 is 15.8 Å². The molecule has 194 valence electrons. The fourth-order valence-corrected chi connectivity index (χ4v) is 4.35. The van der Waals surface area contributed by atoms with E-state index in [4.69, 9.17) is 10.5 Å². The van der Waals surface area contributed by atoms with Crippen LogP contribution in [0, 0.1) is 5.92 Å². The van der Waals surface area contributed by atoms with E-state index in [2.05, 4.69) is 10.3 Å². The van der Waals surface area contributed by atoms with Crippen molar-refractivity contribution in [2.24, 2.45) is 11.7 Å². The summed E-state index contributed by atoms with van der Waals surface area (Å²) in [4.78, 5) is 29.5. The lowest BCUT2D eigenvalue weighted by Crippen LogP contribution is -2.67. The van der Waals surface area contributed by atoms with Gasteiger partial charge < -0.3 is 20.9 Å². The minimum absolute atomic E-state index is 0.215. The minimum Gasteiger partial charge on any atom is -0.457 e. The Labute approximate surface area is 198 Å². The van der Waals surface area contributed by atoms with Crippen molar-refractivity contribution in [3.8, 4) is 0 Å². The van der Waals surface area contributed by atoms with Gasteiger partial charge in [-0.25, -0.2) is 26.7 Å². The van der Waals surface area contributed by atoms with Crippen molar-refractivity contribution in [2.75, 3.05) is 5.75 Å².